The van der Waals surface area contributed by atoms with Gasteiger partial charge in [0.1, 0.15) is 30.0 Å². The first-order valence-corrected chi connectivity index (χ1v) is 25.9. The van der Waals surface area contributed by atoms with Crippen LogP contribution in [-0.4, -0.2) is 92.5 Å². The van der Waals surface area contributed by atoms with E-state index in [0.29, 0.717) is 102 Å². The van der Waals surface area contributed by atoms with Crippen LogP contribution >= 0.6 is 7.14 Å². The molecule has 6 aromatic rings. The minimum Gasteiger partial charge on any atom is -0.387 e. The molecular weight excluding hydrogens is 899 g/mol. The highest BCUT2D eigenvalue weighted by Crippen LogP contribution is 2.56. The standard InChI is InChI=1S/C51H62FN10O6P/c1-11-19-60(48(64)54-35-14-17-42(39(27-35)53-10)69(66,12-2)13-3)45-43-33(7)59(20-18-38(43)56-62(45)37-23-30(4)44(52)31(5)24-37)46(63)41-26-34-25-36(58-21-22-67-50(8,9)29-58)15-16-40(34)61(41)51(28-32(51)6)47-55-49(65)68-57-47/h11,14-17,19,23-27,32-33,53H,12-13,18,20-22,28-29H2,1-10H3,(H,54,64)(H,55,57,65)/b19-11-/t32-,33-,51-/m0/s1. The van der Waals surface area contributed by atoms with E-state index in [-0.39, 0.29) is 23.2 Å². The van der Waals surface area contributed by atoms with Gasteiger partial charge in [-0.15, -0.1) is 0 Å². The van der Waals surface area contributed by atoms with E-state index >= 15 is 9.18 Å². The lowest BCUT2D eigenvalue weighted by atomic mass is 9.98. The van der Waals surface area contributed by atoms with Gasteiger partial charge in [0.05, 0.1) is 29.6 Å². The average molecular weight is 961 g/mol. The number of urea groups is 1. The third kappa shape index (κ3) is 8.16. The summed E-state index contributed by atoms with van der Waals surface area (Å²) in [5, 5.41) is 17.1. The number of aromatic nitrogens is 5. The highest BCUT2D eigenvalue weighted by molar-refractivity contribution is 7.71. The Hall–Kier alpha value is -6.45. The zero-order chi connectivity index (χ0) is 49.3. The zero-order valence-electron chi connectivity index (χ0n) is 41.1. The Morgan fingerprint density at radius 3 is 2.38 bits per heavy atom. The Morgan fingerprint density at radius 2 is 1.75 bits per heavy atom. The summed E-state index contributed by atoms with van der Waals surface area (Å²) in [5.41, 5.74) is 4.87. The first-order valence-electron chi connectivity index (χ1n) is 23.8. The van der Waals surface area contributed by atoms with Crippen molar-refractivity contribution in [3.05, 3.63) is 117 Å². The number of nitrogens with one attached hydrogen (secondary N) is 3. The van der Waals surface area contributed by atoms with E-state index in [1.165, 1.54) is 4.90 Å². The lowest BCUT2D eigenvalue weighted by molar-refractivity contribution is -0.0276. The lowest BCUT2D eigenvalue weighted by Gasteiger charge is -2.39. The summed E-state index contributed by atoms with van der Waals surface area (Å²) in [6.45, 7) is 19.5. The number of carbonyl (C=O) groups is 2. The Kier molecular flexibility index (Phi) is 12.3. The van der Waals surface area contributed by atoms with Gasteiger partial charge < -0.3 is 34.3 Å². The number of nitrogens with zero attached hydrogens (tertiary/aromatic N) is 7. The van der Waals surface area contributed by atoms with Gasteiger partial charge in [0.25, 0.3) is 5.91 Å². The van der Waals surface area contributed by atoms with E-state index in [1.54, 1.807) is 69.0 Å². The van der Waals surface area contributed by atoms with E-state index in [9.17, 15) is 14.2 Å². The fourth-order valence-corrected chi connectivity index (χ4v) is 12.7. The van der Waals surface area contributed by atoms with Gasteiger partial charge in [-0.3, -0.25) is 19.2 Å². The quantitative estimate of drug-likeness (QED) is 0.100. The van der Waals surface area contributed by atoms with Gasteiger partial charge in [-0.25, -0.2) is 18.7 Å². The number of benzene rings is 3. The van der Waals surface area contributed by atoms with E-state index in [4.69, 9.17) is 14.4 Å². The second-order valence-corrected chi connectivity index (χ2v) is 22.8. The van der Waals surface area contributed by atoms with Crippen LogP contribution in [0.25, 0.3) is 16.6 Å². The van der Waals surface area contributed by atoms with Crippen molar-refractivity contribution >= 4 is 58.2 Å². The van der Waals surface area contributed by atoms with Crippen molar-refractivity contribution in [1.82, 2.24) is 29.4 Å². The molecule has 364 valence electrons. The van der Waals surface area contributed by atoms with E-state index in [0.717, 1.165) is 28.4 Å². The maximum absolute atomic E-state index is 15.6. The minimum atomic E-state index is -2.67. The molecule has 3 atom stereocenters. The molecule has 2 fully saturated rings. The number of hydrogen-bond donors (Lipinski definition) is 3. The molecule has 0 radical (unpaired) electrons. The molecule has 5 heterocycles. The minimum absolute atomic E-state index is 0.00551. The van der Waals surface area contributed by atoms with Gasteiger partial charge in [0, 0.05) is 90.5 Å². The molecule has 2 aliphatic heterocycles. The summed E-state index contributed by atoms with van der Waals surface area (Å²) >= 11 is 0. The maximum Gasteiger partial charge on any atom is 0.438 e. The number of anilines is 4. The van der Waals surface area contributed by atoms with Crippen molar-refractivity contribution in [2.24, 2.45) is 5.92 Å². The summed E-state index contributed by atoms with van der Waals surface area (Å²) in [6.07, 6.45) is 5.37. The molecule has 0 unspecified atom stereocenters. The predicted molar refractivity (Wildman–Crippen MR) is 269 cm³/mol. The summed E-state index contributed by atoms with van der Waals surface area (Å²) in [7, 11) is -0.900. The van der Waals surface area contributed by atoms with Crippen molar-refractivity contribution in [2.45, 2.75) is 92.3 Å². The molecule has 0 spiro atoms. The molecule has 0 bridgehead atoms. The van der Waals surface area contributed by atoms with Crippen LogP contribution in [0.4, 0.5) is 32.1 Å². The largest absolute Gasteiger partial charge is 0.438 e. The summed E-state index contributed by atoms with van der Waals surface area (Å²) in [5.74, 6) is -0.539. The van der Waals surface area contributed by atoms with E-state index < -0.39 is 30.5 Å². The van der Waals surface area contributed by atoms with Crippen LogP contribution in [-0.2, 0) is 21.3 Å². The molecule has 1 aliphatic carbocycles. The van der Waals surface area contributed by atoms with Gasteiger partial charge in [-0.2, -0.15) is 5.10 Å². The normalized spacial score (nSPS) is 20.1. The maximum atomic E-state index is 15.6. The Balaban J connectivity index is 1.16. The molecule has 3 amide bonds. The summed E-state index contributed by atoms with van der Waals surface area (Å²) < 4.78 is 43.9. The molecule has 1 saturated heterocycles. The fraction of sp³-hybridized carbons (Fsp3) is 0.431. The number of amides is 3. The first-order chi connectivity index (χ1) is 32.9. The number of aryl methyl sites for hydroxylation is 2. The molecule has 3 aliphatic rings. The van der Waals surface area contributed by atoms with Gasteiger partial charge >= 0.3 is 11.8 Å². The number of carbonyl (C=O) groups excluding carboxylic acids is 2. The van der Waals surface area contributed by atoms with Crippen LogP contribution in [0.15, 0.2) is 76.2 Å². The second-order valence-electron chi connectivity index (χ2n) is 19.3. The third-order valence-electron chi connectivity index (χ3n) is 14.4. The number of hydrogen-bond acceptors (Lipinski definition) is 10. The number of aromatic amines is 1. The molecule has 3 aromatic carbocycles. The highest BCUT2D eigenvalue weighted by Gasteiger charge is 2.59. The molecule has 3 aromatic heterocycles. The number of morpholine rings is 1. The van der Waals surface area contributed by atoms with Crippen molar-refractivity contribution in [2.75, 3.05) is 66.0 Å². The summed E-state index contributed by atoms with van der Waals surface area (Å²) in [4.78, 5) is 51.4. The first kappa shape index (κ1) is 47.6. The van der Waals surface area contributed by atoms with Crippen LogP contribution in [0.3, 0.4) is 0 Å². The van der Waals surface area contributed by atoms with E-state index in [1.807, 2.05) is 48.4 Å². The van der Waals surface area contributed by atoms with Crippen LogP contribution in [0, 0.1) is 25.6 Å². The molecular formula is C51H62FN10O6P. The Morgan fingerprint density at radius 1 is 1.03 bits per heavy atom. The highest BCUT2D eigenvalue weighted by atomic mass is 31.2. The predicted octanol–water partition coefficient (Wildman–Crippen LogP) is 9.06. The van der Waals surface area contributed by atoms with Crippen molar-refractivity contribution in [1.29, 1.82) is 0 Å². The zero-order valence-corrected chi connectivity index (χ0v) is 42.0. The smallest absolute Gasteiger partial charge is 0.387 e. The molecule has 9 rings (SSSR count). The van der Waals surface area contributed by atoms with Gasteiger partial charge in [-0.1, -0.05) is 32.0 Å². The van der Waals surface area contributed by atoms with Crippen LogP contribution in [0.1, 0.15) is 99.6 Å². The Bertz CT molecular complexity index is 3120. The second kappa shape index (κ2) is 17.8. The van der Waals surface area contributed by atoms with Crippen molar-refractivity contribution < 1.29 is 27.8 Å². The van der Waals surface area contributed by atoms with Gasteiger partial charge in [0.15, 0.2) is 5.82 Å². The number of halogens is 1. The molecule has 16 nitrogen and oxygen atoms in total. The molecule has 3 N–H and O–H groups in total. The van der Waals surface area contributed by atoms with Crippen LogP contribution < -0.4 is 31.5 Å². The number of allylic oxidation sites excluding steroid dienone is 1. The fourth-order valence-electron chi connectivity index (χ4n) is 10.6. The van der Waals surface area contributed by atoms with Crippen molar-refractivity contribution in [3.63, 3.8) is 0 Å². The average Bonchev–Trinajstić information content (AvgIpc) is 3.66. The van der Waals surface area contributed by atoms with Crippen molar-refractivity contribution in [3.8, 4) is 5.69 Å². The topological polar surface area (TPSA) is 176 Å². The molecule has 1 saturated carbocycles. The number of fused-ring (bicyclic) bond motifs is 2. The SMILES string of the molecule is C/C=C\N(C(=O)Nc1ccc(P(=O)(CC)CC)c(NC)c1)c1c2c(nn1-c1cc(C)c(F)c(C)c1)CCN(C(=O)c1cc3cc(N4CCOC(C)(C)C4)ccc3n1[C@@]1(c3noc(=O)[nH]3)C[C@@H]1C)[C@H]2C. The monoisotopic (exact) mass is 960 g/mol. The number of H-pyrrole nitrogens is 1. The van der Waals surface area contributed by atoms with Gasteiger partial charge in [-0.05, 0) is 120 Å². The molecule has 69 heavy (non-hydrogen) atoms. The van der Waals surface area contributed by atoms with Gasteiger partial charge in [0.2, 0.25) is 0 Å². The Labute approximate surface area is 401 Å². The van der Waals surface area contributed by atoms with E-state index in [2.05, 4.69) is 58.6 Å². The number of rotatable bonds is 12. The van der Waals surface area contributed by atoms with Crippen LogP contribution in [0.2, 0.25) is 0 Å². The third-order valence-corrected chi connectivity index (χ3v) is 17.7. The summed E-state index contributed by atoms with van der Waals surface area (Å²) in [6, 6.07) is 15.8. The van der Waals surface area contributed by atoms with Crippen LogP contribution in [0.5, 0.6) is 0 Å². The lowest BCUT2D eigenvalue weighted by Crippen LogP contribution is -2.48. The molecule has 18 heteroatoms. The number of ether oxygens (including phenoxy) is 1.